The lowest BCUT2D eigenvalue weighted by Crippen LogP contribution is -2.17. The van der Waals surface area contributed by atoms with Crippen LogP contribution in [0, 0.1) is 0 Å². The van der Waals surface area contributed by atoms with E-state index in [-0.39, 0.29) is 0 Å². The zero-order valence-corrected chi connectivity index (χ0v) is 23.8. The highest BCUT2D eigenvalue weighted by molar-refractivity contribution is 5.36. The van der Waals surface area contributed by atoms with Crippen molar-refractivity contribution in [1.82, 2.24) is 10.2 Å². The first-order valence-electron chi connectivity index (χ1n) is 16.8. The molecule has 4 rings (SSSR count). The molecule has 1 aromatic rings. The predicted molar refractivity (Wildman–Crippen MR) is 155 cm³/mol. The van der Waals surface area contributed by atoms with E-state index in [2.05, 4.69) is 6.20 Å². The van der Waals surface area contributed by atoms with Gasteiger partial charge >= 0.3 is 0 Å². The van der Waals surface area contributed by atoms with Gasteiger partial charge in [-0.05, 0) is 61.5 Å². The summed E-state index contributed by atoms with van der Waals surface area (Å²) in [6.07, 6.45) is 40.6. The Balaban J connectivity index is 1.66. The third-order valence-electron chi connectivity index (χ3n) is 10.00. The Morgan fingerprint density at radius 3 is 1.14 bits per heavy atom. The van der Waals surface area contributed by atoms with Gasteiger partial charge in [-0.3, -0.25) is 0 Å². The number of hydrogen-bond donors (Lipinski definition) is 0. The standard InChI is InChI=1S/C34H58N2/c1-4-10-16-22-29(23-17-11-5-1)32-28-35-36-34(31-26-20-14-8-3-9-15-21-27-31)33(32)30-24-18-12-6-2-7-13-19-25-30/h28-31H,1-27H2. The van der Waals surface area contributed by atoms with E-state index in [0.717, 1.165) is 11.8 Å². The van der Waals surface area contributed by atoms with Crippen molar-refractivity contribution in [1.29, 1.82) is 0 Å². The highest BCUT2D eigenvalue weighted by Gasteiger charge is 2.29. The van der Waals surface area contributed by atoms with Crippen LogP contribution >= 0.6 is 0 Å². The molecular formula is C34H58N2. The van der Waals surface area contributed by atoms with Gasteiger partial charge in [0, 0.05) is 5.92 Å². The average molecular weight is 495 g/mol. The molecule has 0 aromatic carbocycles. The van der Waals surface area contributed by atoms with Gasteiger partial charge in [0.1, 0.15) is 0 Å². The van der Waals surface area contributed by atoms with E-state index in [9.17, 15) is 0 Å². The Kier molecular flexibility index (Phi) is 13.1. The predicted octanol–water partition coefficient (Wildman–Crippen LogP) is 11.3. The van der Waals surface area contributed by atoms with Gasteiger partial charge in [0.25, 0.3) is 0 Å². The Morgan fingerprint density at radius 1 is 0.389 bits per heavy atom. The van der Waals surface area contributed by atoms with Gasteiger partial charge in [-0.15, -0.1) is 0 Å². The molecule has 0 amide bonds. The minimum atomic E-state index is 0.653. The van der Waals surface area contributed by atoms with Gasteiger partial charge in [0.15, 0.2) is 0 Å². The Bertz CT molecular complexity index is 639. The van der Waals surface area contributed by atoms with Crippen molar-refractivity contribution < 1.29 is 0 Å². The lowest BCUT2D eigenvalue weighted by molar-refractivity contribution is 0.422. The second-order valence-corrected chi connectivity index (χ2v) is 12.8. The van der Waals surface area contributed by atoms with E-state index < -0.39 is 0 Å². The van der Waals surface area contributed by atoms with Gasteiger partial charge in [-0.2, -0.15) is 10.2 Å². The van der Waals surface area contributed by atoms with Crippen molar-refractivity contribution >= 4 is 0 Å². The average Bonchev–Trinajstić information content (AvgIpc) is 2.92. The summed E-state index contributed by atoms with van der Waals surface area (Å²) in [7, 11) is 0. The van der Waals surface area contributed by atoms with Gasteiger partial charge in [-0.1, -0.05) is 135 Å². The monoisotopic (exact) mass is 494 g/mol. The fourth-order valence-corrected chi connectivity index (χ4v) is 7.80. The SMILES string of the molecule is c1nnc(C2CCCCCCCCC2)c(C2CCCCCCCCC2)c1C1CCCCCCCCC1. The lowest BCUT2D eigenvalue weighted by atomic mass is 9.75. The summed E-state index contributed by atoms with van der Waals surface area (Å²) in [5.41, 5.74) is 4.89. The molecule has 2 nitrogen and oxygen atoms in total. The third kappa shape index (κ3) is 9.13. The van der Waals surface area contributed by atoms with Gasteiger partial charge in [0.05, 0.1) is 11.9 Å². The zero-order chi connectivity index (χ0) is 24.7. The first kappa shape index (κ1) is 28.1. The number of aromatic nitrogens is 2. The number of nitrogens with zero attached hydrogens (tertiary/aromatic N) is 2. The van der Waals surface area contributed by atoms with Crippen molar-refractivity contribution in [3.63, 3.8) is 0 Å². The Labute approximate surface area is 224 Å². The molecule has 3 saturated carbocycles. The Hall–Kier alpha value is -0.920. The molecule has 0 radical (unpaired) electrons. The van der Waals surface area contributed by atoms with Crippen LogP contribution in [-0.2, 0) is 0 Å². The summed E-state index contributed by atoms with van der Waals surface area (Å²) in [5.74, 6) is 2.11. The van der Waals surface area contributed by atoms with E-state index >= 15 is 0 Å². The van der Waals surface area contributed by atoms with E-state index in [1.807, 2.05) is 0 Å². The first-order valence-corrected chi connectivity index (χ1v) is 16.8. The van der Waals surface area contributed by atoms with Crippen LogP contribution in [0.5, 0.6) is 0 Å². The summed E-state index contributed by atoms with van der Waals surface area (Å²) in [6, 6.07) is 0. The van der Waals surface area contributed by atoms with Crippen LogP contribution in [0.25, 0.3) is 0 Å². The first-order chi connectivity index (χ1) is 17.9. The maximum absolute atomic E-state index is 5.08. The molecule has 3 fully saturated rings. The molecular weight excluding hydrogens is 436 g/mol. The summed E-state index contributed by atoms with van der Waals surface area (Å²) in [6.45, 7) is 0. The molecule has 3 aliphatic rings. The smallest absolute Gasteiger partial charge is 0.0699 e. The van der Waals surface area contributed by atoms with Crippen LogP contribution in [0.2, 0.25) is 0 Å². The molecule has 0 atom stereocenters. The van der Waals surface area contributed by atoms with Gasteiger partial charge in [0.2, 0.25) is 0 Å². The van der Waals surface area contributed by atoms with Crippen molar-refractivity contribution in [3.05, 3.63) is 23.0 Å². The maximum Gasteiger partial charge on any atom is 0.0699 e. The fourth-order valence-electron chi connectivity index (χ4n) is 7.80. The van der Waals surface area contributed by atoms with E-state index in [0.29, 0.717) is 5.92 Å². The van der Waals surface area contributed by atoms with E-state index in [1.165, 1.54) is 179 Å². The molecule has 1 heterocycles. The highest BCUT2D eigenvalue weighted by atomic mass is 15.1. The molecule has 0 spiro atoms. The van der Waals surface area contributed by atoms with Crippen LogP contribution in [0.1, 0.15) is 208 Å². The molecule has 0 unspecified atom stereocenters. The molecule has 1 aromatic heterocycles. The van der Waals surface area contributed by atoms with Crippen molar-refractivity contribution in [2.45, 2.75) is 191 Å². The molecule has 0 aliphatic heterocycles. The van der Waals surface area contributed by atoms with Gasteiger partial charge < -0.3 is 0 Å². The van der Waals surface area contributed by atoms with Crippen molar-refractivity contribution in [3.8, 4) is 0 Å². The van der Waals surface area contributed by atoms with Crippen molar-refractivity contribution in [2.24, 2.45) is 0 Å². The number of hydrogen-bond acceptors (Lipinski definition) is 2. The molecule has 36 heavy (non-hydrogen) atoms. The fraction of sp³-hybridized carbons (Fsp3) is 0.882. The molecule has 2 heteroatoms. The molecule has 3 aliphatic carbocycles. The second-order valence-electron chi connectivity index (χ2n) is 12.8. The van der Waals surface area contributed by atoms with E-state index in [1.54, 1.807) is 11.1 Å². The summed E-state index contributed by atoms with van der Waals surface area (Å²) in [4.78, 5) is 0. The maximum atomic E-state index is 5.08. The number of rotatable bonds is 3. The van der Waals surface area contributed by atoms with E-state index in [4.69, 9.17) is 10.2 Å². The summed E-state index contributed by atoms with van der Waals surface area (Å²) >= 11 is 0. The quantitative estimate of drug-likeness (QED) is 0.417. The highest BCUT2D eigenvalue weighted by Crippen LogP contribution is 2.43. The summed E-state index contributed by atoms with van der Waals surface area (Å²) in [5, 5.41) is 9.89. The zero-order valence-electron chi connectivity index (χ0n) is 23.8. The van der Waals surface area contributed by atoms with Crippen molar-refractivity contribution in [2.75, 3.05) is 0 Å². The molecule has 0 bridgehead atoms. The molecule has 204 valence electrons. The van der Waals surface area contributed by atoms with Crippen LogP contribution in [0.15, 0.2) is 6.20 Å². The van der Waals surface area contributed by atoms with Crippen LogP contribution in [-0.4, -0.2) is 10.2 Å². The molecule has 0 saturated heterocycles. The summed E-state index contributed by atoms with van der Waals surface area (Å²) < 4.78 is 0. The van der Waals surface area contributed by atoms with Crippen LogP contribution in [0.4, 0.5) is 0 Å². The largest absolute Gasteiger partial charge is 0.159 e. The van der Waals surface area contributed by atoms with Crippen LogP contribution < -0.4 is 0 Å². The topological polar surface area (TPSA) is 25.8 Å². The lowest BCUT2D eigenvalue weighted by Gasteiger charge is -2.30. The molecule has 0 N–H and O–H groups in total. The Morgan fingerprint density at radius 2 is 0.722 bits per heavy atom. The van der Waals surface area contributed by atoms with Gasteiger partial charge in [-0.25, -0.2) is 0 Å². The second kappa shape index (κ2) is 16.8. The minimum Gasteiger partial charge on any atom is -0.159 e. The third-order valence-corrected chi connectivity index (χ3v) is 10.00. The van der Waals surface area contributed by atoms with Crippen LogP contribution in [0.3, 0.4) is 0 Å². The minimum absolute atomic E-state index is 0.653. The normalized spacial score (nSPS) is 24.7.